The van der Waals surface area contributed by atoms with E-state index < -0.39 is 47.3 Å². The third-order valence-electron chi connectivity index (χ3n) is 5.97. The van der Waals surface area contributed by atoms with E-state index in [-0.39, 0.29) is 24.3 Å². The minimum absolute atomic E-state index is 0.0919. The molecule has 12 heteroatoms. The van der Waals surface area contributed by atoms with Gasteiger partial charge in [-0.3, -0.25) is 9.59 Å². The van der Waals surface area contributed by atoms with Gasteiger partial charge in [0, 0.05) is 25.9 Å². The molecule has 44 heavy (non-hydrogen) atoms. The number of phenolic OH excluding ortho intramolecular Hbond substituents is 2. The predicted molar refractivity (Wildman–Crippen MR) is 165 cm³/mol. The molecule has 4 amide bonds. The number of ether oxygens (including phenoxy) is 2. The second-order valence-corrected chi connectivity index (χ2v) is 12.4. The smallest absolute Gasteiger partial charge is 0.408 e. The third kappa shape index (κ3) is 14.6. The lowest BCUT2D eigenvalue weighted by atomic mass is 10.0. The van der Waals surface area contributed by atoms with Crippen LogP contribution in [0.4, 0.5) is 9.59 Å². The van der Waals surface area contributed by atoms with Crippen LogP contribution in [-0.2, 0) is 31.9 Å². The highest BCUT2D eigenvalue weighted by atomic mass is 16.6. The lowest BCUT2D eigenvalue weighted by molar-refractivity contribution is -0.124. The zero-order chi connectivity index (χ0) is 32.9. The molecule has 2 aromatic rings. The summed E-state index contributed by atoms with van der Waals surface area (Å²) in [5, 5.41) is 30.0. The molecule has 12 nitrogen and oxygen atoms in total. The van der Waals surface area contributed by atoms with Gasteiger partial charge in [-0.1, -0.05) is 24.3 Å². The number of amides is 4. The molecule has 0 aliphatic heterocycles. The number of phenols is 2. The van der Waals surface area contributed by atoms with Crippen molar-refractivity contribution < 1.29 is 38.9 Å². The van der Waals surface area contributed by atoms with E-state index in [9.17, 15) is 29.4 Å². The fourth-order valence-corrected chi connectivity index (χ4v) is 3.97. The number of carbonyl (C=O) groups is 4. The summed E-state index contributed by atoms with van der Waals surface area (Å²) in [6.45, 7) is 10.9. The van der Waals surface area contributed by atoms with Gasteiger partial charge < -0.3 is 41.0 Å². The molecule has 2 rings (SSSR count). The fourth-order valence-electron chi connectivity index (χ4n) is 3.97. The van der Waals surface area contributed by atoms with Crippen LogP contribution in [0, 0.1) is 0 Å². The topological polar surface area (TPSA) is 175 Å². The molecule has 2 atom stereocenters. The largest absolute Gasteiger partial charge is 0.508 e. The first-order valence-corrected chi connectivity index (χ1v) is 14.6. The van der Waals surface area contributed by atoms with E-state index in [4.69, 9.17) is 9.47 Å². The SMILES string of the molecule is CC(C)(C)OC(=O)N[C@@H](Cc1ccc(O)cc1)C(=O)NCCCCNC(=O)[C@H](Cc1ccc(O)cc1)NC(=O)OC(C)(C)C. The molecule has 0 radical (unpaired) electrons. The molecule has 242 valence electrons. The summed E-state index contributed by atoms with van der Waals surface area (Å²) in [5.41, 5.74) is 0.00575. The molecule has 0 spiro atoms. The summed E-state index contributed by atoms with van der Waals surface area (Å²) in [6, 6.07) is 10.9. The van der Waals surface area contributed by atoms with Gasteiger partial charge in [-0.2, -0.15) is 0 Å². The van der Waals surface area contributed by atoms with Crippen molar-refractivity contribution >= 4 is 24.0 Å². The molecule has 0 unspecified atom stereocenters. The number of nitrogens with one attached hydrogen (secondary N) is 4. The first-order valence-electron chi connectivity index (χ1n) is 14.6. The summed E-state index contributed by atoms with van der Waals surface area (Å²) in [4.78, 5) is 50.7. The van der Waals surface area contributed by atoms with Gasteiger partial charge in [-0.05, 0) is 89.8 Å². The highest BCUT2D eigenvalue weighted by Gasteiger charge is 2.26. The Bertz CT molecular complexity index is 1140. The van der Waals surface area contributed by atoms with E-state index in [0.717, 1.165) is 11.1 Å². The van der Waals surface area contributed by atoms with Crippen molar-refractivity contribution in [3.8, 4) is 11.5 Å². The van der Waals surface area contributed by atoms with Crippen molar-refractivity contribution in [2.75, 3.05) is 13.1 Å². The van der Waals surface area contributed by atoms with E-state index in [1.165, 1.54) is 24.3 Å². The number of hydrogen-bond donors (Lipinski definition) is 6. The minimum atomic E-state index is -0.909. The second-order valence-electron chi connectivity index (χ2n) is 12.4. The fraction of sp³-hybridized carbons (Fsp3) is 0.500. The summed E-state index contributed by atoms with van der Waals surface area (Å²) < 4.78 is 10.6. The van der Waals surface area contributed by atoms with Crippen molar-refractivity contribution in [2.45, 2.75) is 90.5 Å². The zero-order valence-corrected chi connectivity index (χ0v) is 26.4. The Morgan fingerprint density at radius 1 is 0.614 bits per heavy atom. The molecule has 0 bridgehead atoms. The van der Waals surface area contributed by atoms with Gasteiger partial charge in [-0.25, -0.2) is 9.59 Å². The van der Waals surface area contributed by atoms with E-state index in [1.54, 1.807) is 65.8 Å². The van der Waals surface area contributed by atoms with Gasteiger partial charge in [0.15, 0.2) is 0 Å². The second kappa shape index (κ2) is 16.4. The van der Waals surface area contributed by atoms with Crippen molar-refractivity contribution in [2.24, 2.45) is 0 Å². The Morgan fingerprint density at radius 2 is 0.932 bits per heavy atom. The van der Waals surface area contributed by atoms with Gasteiger partial charge in [0.05, 0.1) is 0 Å². The van der Waals surface area contributed by atoms with E-state index >= 15 is 0 Å². The summed E-state index contributed by atoms with van der Waals surface area (Å²) in [7, 11) is 0. The minimum Gasteiger partial charge on any atom is -0.508 e. The van der Waals surface area contributed by atoms with Crippen LogP contribution in [0.5, 0.6) is 11.5 Å². The van der Waals surface area contributed by atoms with Crippen LogP contribution in [-0.4, -0.2) is 70.6 Å². The molecule has 0 aliphatic carbocycles. The number of carbonyl (C=O) groups excluding carboxylic acids is 4. The van der Waals surface area contributed by atoms with Crippen LogP contribution >= 0.6 is 0 Å². The van der Waals surface area contributed by atoms with Gasteiger partial charge in [0.25, 0.3) is 0 Å². The molecule has 0 heterocycles. The molecular formula is C32H46N4O8. The summed E-state index contributed by atoms with van der Waals surface area (Å²) in [6.07, 6.45) is 0.00380. The van der Waals surface area contributed by atoms with Crippen LogP contribution < -0.4 is 21.3 Å². The van der Waals surface area contributed by atoms with Crippen molar-refractivity contribution in [1.82, 2.24) is 21.3 Å². The van der Waals surface area contributed by atoms with Crippen LogP contribution in [0.15, 0.2) is 48.5 Å². The average Bonchev–Trinajstić information content (AvgIpc) is 2.90. The maximum absolute atomic E-state index is 13.0. The van der Waals surface area contributed by atoms with Gasteiger partial charge in [0.1, 0.15) is 34.8 Å². The number of aromatic hydroxyl groups is 2. The third-order valence-corrected chi connectivity index (χ3v) is 5.97. The van der Waals surface area contributed by atoms with Gasteiger partial charge >= 0.3 is 12.2 Å². The summed E-state index contributed by atoms with van der Waals surface area (Å²) in [5.74, 6) is -0.615. The van der Waals surface area contributed by atoms with Crippen molar-refractivity contribution in [3.05, 3.63) is 59.7 Å². The molecule has 0 aromatic heterocycles. The molecule has 0 saturated carbocycles. The average molecular weight is 615 g/mol. The number of benzene rings is 2. The Kier molecular flexibility index (Phi) is 13.3. The first kappa shape index (κ1) is 35.7. The lowest BCUT2D eigenvalue weighted by Crippen LogP contribution is -2.50. The van der Waals surface area contributed by atoms with Crippen LogP contribution in [0.1, 0.15) is 65.5 Å². The maximum Gasteiger partial charge on any atom is 0.408 e. The predicted octanol–water partition coefficient (Wildman–Crippen LogP) is 3.68. The highest BCUT2D eigenvalue weighted by Crippen LogP contribution is 2.14. The van der Waals surface area contributed by atoms with Gasteiger partial charge in [-0.15, -0.1) is 0 Å². The number of rotatable bonds is 13. The monoisotopic (exact) mass is 614 g/mol. The number of hydrogen-bond acceptors (Lipinski definition) is 8. The van der Waals surface area contributed by atoms with Crippen LogP contribution in [0.3, 0.4) is 0 Å². The van der Waals surface area contributed by atoms with Crippen molar-refractivity contribution in [3.63, 3.8) is 0 Å². The standard InChI is InChI=1S/C32H46N4O8/c1-31(2,3)43-29(41)35-25(19-21-9-13-23(37)14-10-21)27(39)33-17-7-8-18-34-28(40)26(36-30(42)44-32(4,5)6)20-22-11-15-24(38)16-12-22/h9-16,25-26,37-38H,7-8,17-20H2,1-6H3,(H,33,39)(H,34,40)(H,35,41)(H,36,42)/t25-,26-/m0/s1. The molecule has 0 aliphatic rings. The van der Waals surface area contributed by atoms with Crippen LogP contribution in [0.2, 0.25) is 0 Å². The van der Waals surface area contributed by atoms with E-state index in [1.807, 2.05) is 0 Å². The van der Waals surface area contributed by atoms with Crippen LogP contribution in [0.25, 0.3) is 0 Å². The van der Waals surface area contributed by atoms with E-state index in [0.29, 0.717) is 25.9 Å². The summed E-state index contributed by atoms with van der Waals surface area (Å²) >= 11 is 0. The zero-order valence-electron chi connectivity index (χ0n) is 26.4. The normalized spacial score (nSPS) is 12.8. The lowest BCUT2D eigenvalue weighted by Gasteiger charge is -2.24. The highest BCUT2D eigenvalue weighted by molar-refractivity contribution is 5.86. The number of unbranched alkanes of at least 4 members (excludes halogenated alkanes) is 1. The Labute approximate surface area is 258 Å². The Morgan fingerprint density at radius 3 is 1.23 bits per heavy atom. The molecular weight excluding hydrogens is 568 g/mol. The molecule has 6 N–H and O–H groups in total. The molecule has 0 fully saturated rings. The first-order chi connectivity index (χ1) is 20.5. The Balaban J connectivity index is 1.89. The van der Waals surface area contributed by atoms with Gasteiger partial charge in [0.2, 0.25) is 11.8 Å². The molecule has 0 saturated heterocycles. The van der Waals surface area contributed by atoms with E-state index in [2.05, 4.69) is 21.3 Å². The molecule has 2 aromatic carbocycles. The Hall–Kier alpha value is -4.48. The maximum atomic E-state index is 13.0. The number of alkyl carbamates (subject to hydrolysis) is 2. The van der Waals surface area contributed by atoms with Crippen molar-refractivity contribution in [1.29, 1.82) is 0 Å². The quantitative estimate of drug-likeness (QED) is 0.185.